The van der Waals surface area contributed by atoms with Gasteiger partial charge in [0.05, 0.1) is 40.1 Å². The molecule has 1 aliphatic heterocycles. The van der Waals surface area contributed by atoms with E-state index in [0.29, 0.717) is 24.5 Å². The van der Waals surface area contributed by atoms with Crippen molar-refractivity contribution in [1.82, 2.24) is 0 Å². The summed E-state index contributed by atoms with van der Waals surface area (Å²) in [6.07, 6.45) is 0. The number of rotatable bonds is 2. The van der Waals surface area contributed by atoms with E-state index < -0.39 is 0 Å². The number of hydrogen-bond donors (Lipinski definition) is 0. The van der Waals surface area contributed by atoms with E-state index >= 15 is 0 Å². The molecule has 0 saturated carbocycles. The van der Waals surface area contributed by atoms with Crippen LogP contribution in [0.15, 0.2) is 24.3 Å². The molecular weight excluding hydrogens is 230 g/mol. The molecule has 1 aromatic carbocycles. The fraction of sp³-hybridized carbons (Fsp3) is 0.462. The van der Waals surface area contributed by atoms with Gasteiger partial charge in [0, 0.05) is 0 Å². The van der Waals surface area contributed by atoms with Gasteiger partial charge in [0.2, 0.25) is 0 Å². The third kappa shape index (κ3) is 2.58. The summed E-state index contributed by atoms with van der Waals surface area (Å²) < 4.78 is 11.8. The Morgan fingerprint density at radius 1 is 1.41 bits per heavy atom. The number of benzene rings is 1. The Bertz CT molecular complexity index is 416. The van der Waals surface area contributed by atoms with E-state index in [4.69, 9.17) is 14.7 Å². The second-order valence-corrected chi connectivity index (χ2v) is 6.30. The quantitative estimate of drug-likeness (QED) is 0.741. The molecule has 1 fully saturated rings. The first-order valence-corrected chi connectivity index (χ1v) is 8.17. The van der Waals surface area contributed by atoms with Gasteiger partial charge >= 0.3 is 0 Å². The first-order chi connectivity index (χ1) is 8.18. The minimum absolute atomic E-state index is 0.161. The highest BCUT2D eigenvalue weighted by Crippen LogP contribution is 2.29. The van der Waals surface area contributed by atoms with E-state index in [1.165, 1.54) is 0 Å². The van der Waals surface area contributed by atoms with Crippen molar-refractivity contribution < 1.29 is 9.47 Å². The van der Waals surface area contributed by atoms with Crippen LogP contribution >= 0.6 is 0 Å². The van der Waals surface area contributed by atoms with Crippen LogP contribution in [0.25, 0.3) is 0 Å². The van der Waals surface area contributed by atoms with Crippen LogP contribution in [-0.2, 0) is 15.1 Å². The summed E-state index contributed by atoms with van der Waals surface area (Å²) in [5.41, 5.74) is 1.73. The second kappa shape index (κ2) is 5.01. The van der Waals surface area contributed by atoms with Crippen LogP contribution in [0, 0.1) is 11.3 Å². The normalized spacial score (nSPS) is 29.4. The maximum atomic E-state index is 8.77. The second-order valence-electron chi connectivity index (χ2n) is 4.57. The van der Waals surface area contributed by atoms with Gasteiger partial charge in [-0.05, 0) is 24.6 Å². The summed E-state index contributed by atoms with van der Waals surface area (Å²) in [6.45, 7) is 5.57. The summed E-state index contributed by atoms with van der Waals surface area (Å²) in [4.78, 5) is 0. The average molecular weight is 247 g/mol. The molecule has 0 aliphatic carbocycles. The van der Waals surface area contributed by atoms with Crippen molar-refractivity contribution in [3.05, 3.63) is 35.4 Å². The summed E-state index contributed by atoms with van der Waals surface area (Å²) in [5, 5.41) is 8.77. The zero-order chi connectivity index (χ0) is 12.3. The average Bonchev–Trinajstić information content (AvgIpc) is 2.40. The van der Waals surface area contributed by atoms with Gasteiger partial charge in [-0.3, -0.25) is 0 Å². The van der Waals surface area contributed by atoms with Crippen LogP contribution in [0.5, 0.6) is 0 Å². The first kappa shape index (κ1) is 12.3. The third-order valence-corrected chi connectivity index (χ3v) is 4.64. The predicted octanol–water partition coefficient (Wildman–Crippen LogP) is 1.36. The van der Waals surface area contributed by atoms with E-state index in [-0.39, 0.29) is 15.1 Å². The molecule has 0 amide bonds. The molecule has 0 radical (unpaired) electrons. The lowest BCUT2D eigenvalue weighted by Gasteiger charge is -2.37. The van der Waals surface area contributed by atoms with Crippen molar-refractivity contribution in [2.75, 3.05) is 13.2 Å². The Balaban J connectivity index is 2.13. The van der Waals surface area contributed by atoms with Gasteiger partial charge in [0.1, 0.15) is 5.60 Å². The van der Waals surface area contributed by atoms with Crippen molar-refractivity contribution in [2.45, 2.75) is 24.8 Å². The molecular formula is C13H17NO2Si. The molecule has 0 N–H and O–H groups in total. The Labute approximate surface area is 104 Å². The fourth-order valence-electron chi connectivity index (χ4n) is 1.94. The molecule has 2 rings (SSSR count). The topological polar surface area (TPSA) is 42.2 Å². The van der Waals surface area contributed by atoms with Crippen LogP contribution in [0.1, 0.15) is 18.1 Å². The predicted molar refractivity (Wildman–Crippen MR) is 68.6 cm³/mol. The Kier molecular flexibility index (Phi) is 3.62. The molecule has 0 spiro atoms. The summed E-state index contributed by atoms with van der Waals surface area (Å²) >= 11 is 0. The van der Waals surface area contributed by atoms with E-state index in [2.05, 4.69) is 12.6 Å². The van der Waals surface area contributed by atoms with Crippen LogP contribution in [0.4, 0.5) is 0 Å². The Hall–Kier alpha value is -1.15. The molecule has 4 heteroatoms. The maximum absolute atomic E-state index is 8.77. The van der Waals surface area contributed by atoms with E-state index in [9.17, 15) is 0 Å². The molecule has 90 valence electrons. The van der Waals surface area contributed by atoms with Crippen LogP contribution in [-0.4, -0.2) is 28.5 Å². The molecule has 1 heterocycles. The first-order valence-electron chi connectivity index (χ1n) is 5.94. The highest BCUT2D eigenvalue weighted by molar-refractivity contribution is 6.35. The SMILES string of the molecule is C[SiH2]C1COC(C)(c2ccc(C#N)cc2)CO1. The fourth-order valence-corrected chi connectivity index (χ4v) is 2.65. The van der Waals surface area contributed by atoms with Crippen LogP contribution in [0.2, 0.25) is 6.55 Å². The third-order valence-electron chi connectivity index (χ3n) is 3.26. The minimum atomic E-state index is -0.367. The van der Waals surface area contributed by atoms with Gasteiger partial charge in [-0.1, -0.05) is 18.7 Å². The van der Waals surface area contributed by atoms with Gasteiger partial charge in [-0.15, -0.1) is 0 Å². The van der Waals surface area contributed by atoms with Gasteiger partial charge in [0.15, 0.2) is 0 Å². The molecule has 2 unspecified atom stereocenters. The lowest BCUT2D eigenvalue weighted by atomic mass is 9.95. The molecule has 1 aromatic rings. The van der Waals surface area contributed by atoms with E-state index in [0.717, 1.165) is 5.56 Å². The van der Waals surface area contributed by atoms with Gasteiger partial charge in [0.25, 0.3) is 0 Å². The van der Waals surface area contributed by atoms with Crippen molar-refractivity contribution in [1.29, 1.82) is 5.26 Å². The molecule has 0 bridgehead atoms. The molecule has 3 nitrogen and oxygen atoms in total. The summed E-state index contributed by atoms with van der Waals surface area (Å²) in [7, 11) is -0.161. The Morgan fingerprint density at radius 2 is 2.12 bits per heavy atom. The molecule has 2 atom stereocenters. The monoisotopic (exact) mass is 247 g/mol. The van der Waals surface area contributed by atoms with Crippen LogP contribution in [0.3, 0.4) is 0 Å². The number of ether oxygens (including phenoxy) is 2. The number of nitrogens with zero attached hydrogens (tertiary/aromatic N) is 1. The van der Waals surface area contributed by atoms with Gasteiger partial charge < -0.3 is 9.47 Å². The number of nitriles is 1. The maximum Gasteiger partial charge on any atom is 0.114 e. The smallest absolute Gasteiger partial charge is 0.114 e. The molecule has 1 aliphatic rings. The largest absolute Gasteiger partial charge is 0.377 e. The highest BCUT2D eigenvalue weighted by Gasteiger charge is 2.33. The zero-order valence-electron chi connectivity index (χ0n) is 10.3. The van der Waals surface area contributed by atoms with Crippen LogP contribution < -0.4 is 0 Å². The van der Waals surface area contributed by atoms with Crippen molar-refractivity contribution in [2.24, 2.45) is 0 Å². The van der Waals surface area contributed by atoms with Crippen molar-refractivity contribution in [3.63, 3.8) is 0 Å². The lowest BCUT2D eigenvalue weighted by molar-refractivity contribution is -0.166. The minimum Gasteiger partial charge on any atom is -0.377 e. The van der Waals surface area contributed by atoms with Crippen molar-refractivity contribution >= 4 is 9.52 Å². The Morgan fingerprint density at radius 3 is 2.59 bits per heavy atom. The van der Waals surface area contributed by atoms with Gasteiger partial charge in [-0.25, -0.2) is 0 Å². The molecule has 0 aromatic heterocycles. The molecule has 1 saturated heterocycles. The summed E-state index contributed by atoms with van der Waals surface area (Å²) in [5.74, 6) is 0. The lowest BCUT2D eigenvalue weighted by Crippen LogP contribution is -2.44. The highest BCUT2D eigenvalue weighted by atomic mass is 28.2. The van der Waals surface area contributed by atoms with E-state index in [1.54, 1.807) is 0 Å². The summed E-state index contributed by atoms with van der Waals surface area (Å²) in [6, 6.07) is 9.67. The zero-order valence-corrected chi connectivity index (χ0v) is 11.7. The standard InChI is InChI=1S/C13H17NO2Si/c1-13(9-15-12(17-2)8-16-13)11-5-3-10(7-14)4-6-11/h3-6,12H,8-9,17H2,1-2H3. The number of hydrogen-bond acceptors (Lipinski definition) is 3. The van der Waals surface area contributed by atoms with E-state index in [1.807, 2.05) is 31.2 Å². The van der Waals surface area contributed by atoms with Gasteiger partial charge in [-0.2, -0.15) is 5.26 Å². The van der Waals surface area contributed by atoms with Crippen molar-refractivity contribution in [3.8, 4) is 6.07 Å². The molecule has 17 heavy (non-hydrogen) atoms.